The maximum absolute atomic E-state index is 11.6. The van der Waals surface area contributed by atoms with E-state index in [0.717, 1.165) is 25.1 Å². The molecule has 1 aliphatic heterocycles. The van der Waals surface area contributed by atoms with Crippen molar-refractivity contribution in [1.29, 1.82) is 0 Å². The smallest absolute Gasteiger partial charge is 0.340 e. The number of esters is 1. The van der Waals surface area contributed by atoms with Gasteiger partial charge in [0.05, 0.1) is 18.8 Å². The van der Waals surface area contributed by atoms with Crippen molar-refractivity contribution in [3.05, 3.63) is 28.8 Å². The molecular formula is C13H16ClNO3. The molecule has 1 saturated heterocycles. The van der Waals surface area contributed by atoms with E-state index in [-0.39, 0.29) is 6.10 Å². The van der Waals surface area contributed by atoms with Crippen LogP contribution in [0.4, 0.5) is 5.69 Å². The van der Waals surface area contributed by atoms with Crippen LogP contribution in [0.5, 0.6) is 0 Å². The first kappa shape index (κ1) is 13.2. The number of hydrogen-bond acceptors (Lipinski definition) is 4. The van der Waals surface area contributed by atoms with Crippen molar-refractivity contribution < 1.29 is 14.3 Å². The highest BCUT2D eigenvalue weighted by molar-refractivity contribution is 6.31. The molecular weight excluding hydrogens is 254 g/mol. The summed E-state index contributed by atoms with van der Waals surface area (Å²) in [5, 5.41) is 3.73. The number of carbonyl (C=O) groups is 1. The van der Waals surface area contributed by atoms with Crippen LogP contribution in [0.25, 0.3) is 0 Å². The second-order valence-electron chi connectivity index (χ2n) is 4.20. The van der Waals surface area contributed by atoms with E-state index in [0.29, 0.717) is 17.1 Å². The minimum Gasteiger partial charge on any atom is -0.465 e. The molecule has 0 bridgehead atoms. The molecule has 2 rings (SSSR count). The minimum atomic E-state index is -0.396. The summed E-state index contributed by atoms with van der Waals surface area (Å²) in [5.74, 6) is -0.396. The zero-order valence-electron chi connectivity index (χ0n) is 10.2. The van der Waals surface area contributed by atoms with Crippen LogP contribution >= 0.6 is 11.6 Å². The molecule has 18 heavy (non-hydrogen) atoms. The van der Waals surface area contributed by atoms with Crippen molar-refractivity contribution in [2.24, 2.45) is 0 Å². The lowest BCUT2D eigenvalue weighted by Gasteiger charge is -2.14. The average Bonchev–Trinajstić information content (AvgIpc) is 2.89. The van der Waals surface area contributed by atoms with Crippen molar-refractivity contribution in [2.75, 3.05) is 25.6 Å². The summed E-state index contributed by atoms with van der Waals surface area (Å²) in [6.07, 6.45) is 2.36. The van der Waals surface area contributed by atoms with Crippen LogP contribution in [-0.2, 0) is 9.47 Å². The number of benzene rings is 1. The number of carbonyl (C=O) groups excluding carboxylic acids is 1. The van der Waals surface area contributed by atoms with E-state index in [9.17, 15) is 4.79 Å². The number of nitrogens with one attached hydrogen (secondary N) is 1. The van der Waals surface area contributed by atoms with Crippen LogP contribution in [0.3, 0.4) is 0 Å². The molecule has 98 valence electrons. The average molecular weight is 270 g/mol. The number of halogens is 1. The van der Waals surface area contributed by atoms with Crippen LogP contribution in [0.2, 0.25) is 5.02 Å². The van der Waals surface area contributed by atoms with Crippen LogP contribution in [0, 0.1) is 0 Å². The van der Waals surface area contributed by atoms with Gasteiger partial charge in [-0.15, -0.1) is 0 Å². The lowest BCUT2D eigenvalue weighted by atomic mass is 10.1. The Morgan fingerprint density at radius 3 is 3.11 bits per heavy atom. The third kappa shape index (κ3) is 3.15. The molecule has 0 radical (unpaired) electrons. The lowest BCUT2D eigenvalue weighted by molar-refractivity contribution is 0.0601. The van der Waals surface area contributed by atoms with Gasteiger partial charge in [-0.05, 0) is 31.0 Å². The number of anilines is 1. The first-order chi connectivity index (χ1) is 8.70. The summed E-state index contributed by atoms with van der Waals surface area (Å²) in [6.45, 7) is 1.50. The van der Waals surface area contributed by atoms with Gasteiger partial charge in [0.2, 0.25) is 0 Å². The zero-order valence-corrected chi connectivity index (χ0v) is 11.0. The molecule has 1 fully saturated rings. The molecule has 1 N–H and O–H groups in total. The lowest BCUT2D eigenvalue weighted by Crippen LogP contribution is -2.20. The summed E-state index contributed by atoms with van der Waals surface area (Å²) < 4.78 is 10.3. The van der Waals surface area contributed by atoms with Crippen molar-refractivity contribution in [3.63, 3.8) is 0 Å². The fourth-order valence-corrected chi connectivity index (χ4v) is 2.15. The predicted molar refractivity (Wildman–Crippen MR) is 70.3 cm³/mol. The normalized spacial score (nSPS) is 18.7. The second kappa shape index (κ2) is 6.07. The molecule has 0 aliphatic carbocycles. The molecule has 5 heteroatoms. The Bertz CT molecular complexity index is 430. The van der Waals surface area contributed by atoms with Crippen LogP contribution in [-0.4, -0.2) is 32.3 Å². The molecule has 0 amide bonds. The summed E-state index contributed by atoms with van der Waals surface area (Å²) in [7, 11) is 1.35. The van der Waals surface area contributed by atoms with E-state index < -0.39 is 5.97 Å². The topological polar surface area (TPSA) is 47.6 Å². The third-order valence-electron chi connectivity index (χ3n) is 2.93. The Labute approximate surface area is 111 Å². The molecule has 0 aromatic heterocycles. The molecule has 1 aromatic rings. The Morgan fingerprint density at radius 2 is 2.44 bits per heavy atom. The number of hydrogen-bond donors (Lipinski definition) is 1. The monoisotopic (exact) mass is 269 g/mol. The van der Waals surface area contributed by atoms with E-state index in [4.69, 9.17) is 21.1 Å². The van der Waals surface area contributed by atoms with Crippen molar-refractivity contribution >= 4 is 23.3 Å². The van der Waals surface area contributed by atoms with Gasteiger partial charge in [0, 0.05) is 23.9 Å². The van der Waals surface area contributed by atoms with Gasteiger partial charge >= 0.3 is 5.97 Å². The van der Waals surface area contributed by atoms with Gasteiger partial charge in [-0.2, -0.15) is 0 Å². The standard InChI is InChI=1S/C13H16ClNO3/c1-17-13(16)11-7-9(14)4-5-12(11)15-8-10-3-2-6-18-10/h4-5,7,10,15H,2-3,6,8H2,1H3. The van der Waals surface area contributed by atoms with Crippen molar-refractivity contribution in [3.8, 4) is 0 Å². The van der Waals surface area contributed by atoms with Crippen LogP contribution in [0.1, 0.15) is 23.2 Å². The number of methoxy groups -OCH3 is 1. The molecule has 0 spiro atoms. The van der Waals surface area contributed by atoms with Crippen molar-refractivity contribution in [2.45, 2.75) is 18.9 Å². The van der Waals surface area contributed by atoms with E-state index in [1.54, 1.807) is 18.2 Å². The second-order valence-corrected chi connectivity index (χ2v) is 4.63. The molecule has 4 nitrogen and oxygen atoms in total. The fraction of sp³-hybridized carbons (Fsp3) is 0.462. The van der Waals surface area contributed by atoms with E-state index in [1.807, 2.05) is 0 Å². The van der Waals surface area contributed by atoms with E-state index in [1.165, 1.54) is 7.11 Å². The summed E-state index contributed by atoms with van der Waals surface area (Å²) in [6, 6.07) is 5.13. The van der Waals surface area contributed by atoms with Crippen LogP contribution in [0.15, 0.2) is 18.2 Å². The van der Waals surface area contributed by atoms with Crippen LogP contribution < -0.4 is 5.32 Å². The zero-order chi connectivity index (χ0) is 13.0. The van der Waals surface area contributed by atoms with E-state index >= 15 is 0 Å². The molecule has 1 unspecified atom stereocenters. The number of rotatable bonds is 4. The molecule has 0 saturated carbocycles. The highest BCUT2D eigenvalue weighted by Gasteiger charge is 2.17. The third-order valence-corrected chi connectivity index (χ3v) is 3.17. The largest absolute Gasteiger partial charge is 0.465 e. The summed E-state index contributed by atoms with van der Waals surface area (Å²) in [4.78, 5) is 11.6. The highest BCUT2D eigenvalue weighted by Crippen LogP contribution is 2.22. The number of ether oxygens (including phenoxy) is 2. The predicted octanol–water partition coefficient (Wildman–Crippen LogP) is 2.72. The van der Waals surface area contributed by atoms with Gasteiger partial charge in [0.25, 0.3) is 0 Å². The Morgan fingerprint density at radius 1 is 1.61 bits per heavy atom. The SMILES string of the molecule is COC(=O)c1cc(Cl)ccc1NCC1CCCO1. The highest BCUT2D eigenvalue weighted by atomic mass is 35.5. The van der Waals surface area contributed by atoms with Gasteiger partial charge in [-0.3, -0.25) is 0 Å². The van der Waals surface area contributed by atoms with Crippen molar-refractivity contribution in [1.82, 2.24) is 0 Å². The maximum Gasteiger partial charge on any atom is 0.340 e. The molecule has 1 heterocycles. The summed E-state index contributed by atoms with van der Waals surface area (Å²) >= 11 is 5.88. The van der Waals surface area contributed by atoms with E-state index in [2.05, 4.69) is 5.32 Å². The Balaban J connectivity index is 2.08. The summed E-state index contributed by atoms with van der Waals surface area (Å²) in [5.41, 5.74) is 1.17. The molecule has 1 aromatic carbocycles. The van der Waals surface area contributed by atoms with Gasteiger partial charge < -0.3 is 14.8 Å². The first-order valence-electron chi connectivity index (χ1n) is 5.94. The maximum atomic E-state index is 11.6. The molecule has 1 atom stereocenters. The van der Waals surface area contributed by atoms with Gasteiger partial charge in [0.15, 0.2) is 0 Å². The first-order valence-corrected chi connectivity index (χ1v) is 6.32. The van der Waals surface area contributed by atoms with Gasteiger partial charge in [-0.1, -0.05) is 11.6 Å². The minimum absolute atomic E-state index is 0.214. The fourth-order valence-electron chi connectivity index (χ4n) is 1.98. The Kier molecular flexibility index (Phi) is 4.44. The van der Waals surface area contributed by atoms with Gasteiger partial charge in [0.1, 0.15) is 0 Å². The Hall–Kier alpha value is -1.26. The van der Waals surface area contributed by atoms with Gasteiger partial charge in [-0.25, -0.2) is 4.79 Å². The molecule has 1 aliphatic rings. The quantitative estimate of drug-likeness (QED) is 0.854.